The molecule has 0 atom stereocenters. The predicted octanol–water partition coefficient (Wildman–Crippen LogP) is 3.81. The van der Waals surface area contributed by atoms with Gasteiger partial charge in [-0.3, -0.25) is 0 Å². The van der Waals surface area contributed by atoms with Gasteiger partial charge in [-0.25, -0.2) is 0 Å². The maximum Gasteiger partial charge on any atom is 0.166 e. The summed E-state index contributed by atoms with van der Waals surface area (Å²) in [6, 6.07) is 5.71. The van der Waals surface area contributed by atoms with Crippen molar-refractivity contribution in [2.45, 2.75) is 11.2 Å². The fraction of sp³-hybridized carbons (Fsp3) is 0.400. The van der Waals surface area contributed by atoms with Gasteiger partial charge in [-0.2, -0.15) is 0 Å². The van der Waals surface area contributed by atoms with Crippen LogP contribution in [0.4, 0.5) is 0 Å². The maximum atomic E-state index is 5.85. The molecule has 0 aliphatic carbocycles. The number of methoxy groups -OCH3 is 2. The van der Waals surface area contributed by atoms with Gasteiger partial charge >= 0.3 is 0 Å². The van der Waals surface area contributed by atoms with E-state index in [1.165, 1.54) is 0 Å². The molecular formula is C10H12BrClO2S. The minimum absolute atomic E-state index is 0.183. The van der Waals surface area contributed by atoms with E-state index in [1.807, 2.05) is 18.2 Å². The van der Waals surface area contributed by atoms with Crippen molar-refractivity contribution in [1.82, 2.24) is 0 Å². The molecule has 5 heteroatoms. The van der Waals surface area contributed by atoms with Crippen molar-refractivity contribution in [2.75, 3.05) is 20.0 Å². The third kappa shape index (κ3) is 4.33. The van der Waals surface area contributed by atoms with Crippen molar-refractivity contribution in [2.24, 2.45) is 0 Å². The second kappa shape index (κ2) is 6.76. The summed E-state index contributed by atoms with van der Waals surface area (Å²) < 4.78 is 11.2. The van der Waals surface area contributed by atoms with E-state index in [2.05, 4.69) is 15.9 Å². The molecule has 0 saturated carbocycles. The molecule has 0 bridgehead atoms. The highest BCUT2D eigenvalue weighted by Gasteiger charge is 2.08. The number of hydrogen-bond acceptors (Lipinski definition) is 3. The van der Waals surface area contributed by atoms with E-state index in [0.29, 0.717) is 0 Å². The Bertz CT molecular complexity index is 318. The molecule has 15 heavy (non-hydrogen) atoms. The number of ether oxygens (including phenoxy) is 2. The molecule has 1 rings (SSSR count). The second-order valence-corrected chi connectivity index (χ2v) is 5.14. The highest BCUT2D eigenvalue weighted by molar-refractivity contribution is 9.10. The van der Waals surface area contributed by atoms with Crippen LogP contribution in [-0.2, 0) is 9.47 Å². The highest BCUT2D eigenvalue weighted by Crippen LogP contribution is 2.30. The van der Waals surface area contributed by atoms with Gasteiger partial charge in [0.2, 0.25) is 0 Å². The number of benzene rings is 1. The summed E-state index contributed by atoms with van der Waals surface area (Å²) in [4.78, 5) is 1.12. The Morgan fingerprint density at radius 1 is 1.40 bits per heavy atom. The van der Waals surface area contributed by atoms with Crippen LogP contribution >= 0.6 is 39.3 Å². The lowest BCUT2D eigenvalue weighted by molar-refractivity contribution is -0.0842. The average Bonchev–Trinajstić information content (AvgIpc) is 2.22. The SMILES string of the molecule is COC(CSc1ccc(Cl)cc1Br)OC. The van der Waals surface area contributed by atoms with Gasteiger partial charge in [-0.05, 0) is 34.1 Å². The lowest BCUT2D eigenvalue weighted by Gasteiger charge is -2.13. The molecule has 1 aromatic carbocycles. The second-order valence-electron chi connectivity index (χ2n) is 2.79. The summed E-state index contributed by atoms with van der Waals surface area (Å²) in [5, 5.41) is 0.723. The molecule has 0 heterocycles. The van der Waals surface area contributed by atoms with Crippen LogP contribution in [0, 0.1) is 0 Å². The fourth-order valence-corrected chi connectivity index (χ4v) is 2.96. The largest absolute Gasteiger partial charge is 0.355 e. The zero-order chi connectivity index (χ0) is 11.3. The van der Waals surface area contributed by atoms with E-state index in [9.17, 15) is 0 Å². The van der Waals surface area contributed by atoms with E-state index >= 15 is 0 Å². The van der Waals surface area contributed by atoms with E-state index in [1.54, 1.807) is 26.0 Å². The van der Waals surface area contributed by atoms with E-state index in [0.717, 1.165) is 20.1 Å². The number of hydrogen-bond donors (Lipinski definition) is 0. The molecule has 1 aromatic rings. The molecule has 0 aliphatic rings. The number of halogens is 2. The molecule has 0 aromatic heterocycles. The molecular weight excluding hydrogens is 300 g/mol. The molecule has 0 radical (unpaired) electrons. The lowest BCUT2D eigenvalue weighted by atomic mass is 10.4. The fourth-order valence-electron chi connectivity index (χ4n) is 0.982. The van der Waals surface area contributed by atoms with Crippen LogP contribution in [0.3, 0.4) is 0 Å². The van der Waals surface area contributed by atoms with Crippen LogP contribution in [-0.4, -0.2) is 26.3 Å². The van der Waals surface area contributed by atoms with Crippen molar-refractivity contribution in [3.8, 4) is 0 Å². The Hall–Kier alpha value is 0.260. The van der Waals surface area contributed by atoms with Crippen molar-refractivity contribution in [3.63, 3.8) is 0 Å². The van der Waals surface area contributed by atoms with Crippen molar-refractivity contribution < 1.29 is 9.47 Å². The standard InChI is InChI=1S/C10H12BrClO2S/c1-13-10(14-2)6-15-9-4-3-7(12)5-8(9)11/h3-5,10H,6H2,1-2H3. The monoisotopic (exact) mass is 310 g/mol. The first kappa shape index (κ1) is 13.3. The summed E-state index contributed by atoms with van der Waals surface area (Å²) in [5.41, 5.74) is 0. The van der Waals surface area contributed by atoms with Crippen LogP contribution in [0.15, 0.2) is 27.6 Å². The molecule has 0 fully saturated rings. The van der Waals surface area contributed by atoms with Crippen LogP contribution in [0.5, 0.6) is 0 Å². The molecule has 0 amide bonds. The minimum atomic E-state index is -0.183. The maximum absolute atomic E-state index is 5.85. The molecule has 0 saturated heterocycles. The lowest BCUT2D eigenvalue weighted by Crippen LogP contribution is -2.15. The number of rotatable bonds is 5. The summed E-state index contributed by atoms with van der Waals surface area (Å²) >= 11 is 11.0. The Morgan fingerprint density at radius 2 is 2.07 bits per heavy atom. The Morgan fingerprint density at radius 3 is 2.60 bits per heavy atom. The third-order valence-corrected chi connectivity index (χ3v) is 4.05. The summed E-state index contributed by atoms with van der Waals surface area (Å²) in [6.45, 7) is 0. The van der Waals surface area contributed by atoms with Gasteiger partial charge in [0, 0.05) is 34.4 Å². The molecule has 0 aliphatic heterocycles. The summed E-state index contributed by atoms with van der Waals surface area (Å²) in [5.74, 6) is 0.743. The van der Waals surface area contributed by atoms with Gasteiger partial charge in [0.05, 0.1) is 0 Å². The first-order valence-electron chi connectivity index (χ1n) is 4.30. The van der Waals surface area contributed by atoms with Gasteiger partial charge in [-0.1, -0.05) is 11.6 Å². The zero-order valence-electron chi connectivity index (χ0n) is 8.50. The quantitative estimate of drug-likeness (QED) is 0.608. The number of thioether (sulfide) groups is 1. The molecule has 0 spiro atoms. The Kier molecular flexibility index (Phi) is 6.00. The molecule has 84 valence electrons. The van der Waals surface area contributed by atoms with Gasteiger partial charge in [0.1, 0.15) is 0 Å². The average molecular weight is 312 g/mol. The van der Waals surface area contributed by atoms with Crippen LogP contribution < -0.4 is 0 Å². The predicted molar refractivity (Wildman–Crippen MR) is 67.7 cm³/mol. The zero-order valence-corrected chi connectivity index (χ0v) is 11.7. The van der Waals surface area contributed by atoms with Gasteiger partial charge in [0.25, 0.3) is 0 Å². The molecule has 0 N–H and O–H groups in total. The third-order valence-electron chi connectivity index (χ3n) is 1.79. The smallest absolute Gasteiger partial charge is 0.166 e. The van der Waals surface area contributed by atoms with Gasteiger partial charge < -0.3 is 9.47 Å². The van der Waals surface area contributed by atoms with Crippen molar-refractivity contribution in [1.29, 1.82) is 0 Å². The molecule has 0 unspecified atom stereocenters. The highest BCUT2D eigenvalue weighted by atomic mass is 79.9. The van der Waals surface area contributed by atoms with E-state index in [4.69, 9.17) is 21.1 Å². The van der Waals surface area contributed by atoms with E-state index < -0.39 is 0 Å². The van der Waals surface area contributed by atoms with E-state index in [-0.39, 0.29) is 6.29 Å². The van der Waals surface area contributed by atoms with Gasteiger partial charge in [0.15, 0.2) is 6.29 Å². The Balaban J connectivity index is 2.57. The minimum Gasteiger partial charge on any atom is -0.355 e. The van der Waals surface area contributed by atoms with Crippen molar-refractivity contribution >= 4 is 39.3 Å². The molecule has 2 nitrogen and oxygen atoms in total. The summed E-state index contributed by atoms with van der Waals surface area (Å²) in [6.07, 6.45) is -0.183. The van der Waals surface area contributed by atoms with Gasteiger partial charge in [-0.15, -0.1) is 11.8 Å². The van der Waals surface area contributed by atoms with Crippen LogP contribution in [0.1, 0.15) is 0 Å². The first-order chi connectivity index (χ1) is 7.17. The first-order valence-corrected chi connectivity index (χ1v) is 6.46. The Labute approximate surface area is 107 Å². The summed E-state index contributed by atoms with van der Waals surface area (Å²) in [7, 11) is 3.26. The normalized spacial score (nSPS) is 11.0. The van der Waals surface area contributed by atoms with Crippen molar-refractivity contribution in [3.05, 3.63) is 27.7 Å². The topological polar surface area (TPSA) is 18.5 Å². The van der Waals surface area contributed by atoms with Crippen LogP contribution in [0.2, 0.25) is 5.02 Å². The van der Waals surface area contributed by atoms with Crippen LogP contribution in [0.25, 0.3) is 0 Å².